The number of hydrogen-bond donors (Lipinski definition) is 1. The van der Waals surface area contributed by atoms with E-state index in [2.05, 4.69) is 9.97 Å². The summed E-state index contributed by atoms with van der Waals surface area (Å²) in [5.74, 6) is -0.151. The largest absolute Gasteiger partial charge is 0.416 e. The van der Waals surface area contributed by atoms with Crippen LogP contribution < -0.4 is 5.73 Å². The number of benzene rings is 2. The number of thioether (sulfide) groups is 1. The van der Waals surface area contributed by atoms with Crippen molar-refractivity contribution < 1.29 is 18.0 Å². The molecule has 0 saturated heterocycles. The van der Waals surface area contributed by atoms with Crippen molar-refractivity contribution in [3.63, 3.8) is 0 Å². The fourth-order valence-corrected chi connectivity index (χ4v) is 3.13. The second kappa shape index (κ2) is 7.79. The first-order valence-electron chi connectivity index (χ1n) is 7.86. The van der Waals surface area contributed by atoms with Crippen LogP contribution in [0.2, 0.25) is 0 Å². The van der Waals surface area contributed by atoms with E-state index >= 15 is 0 Å². The molecule has 138 valence electrons. The lowest BCUT2D eigenvalue weighted by Gasteiger charge is -2.09. The van der Waals surface area contributed by atoms with Gasteiger partial charge < -0.3 is 5.73 Å². The third-order valence-corrected chi connectivity index (χ3v) is 4.60. The van der Waals surface area contributed by atoms with Crippen LogP contribution in [0.1, 0.15) is 21.6 Å². The van der Waals surface area contributed by atoms with Crippen molar-refractivity contribution >= 4 is 17.7 Å². The highest BCUT2D eigenvalue weighted by molar-refractivity contribution is 7.98. The molecule has 0 unspecified atom stereocenters. The number of primary amides is 1. The number of aromatic nitrogens is 2. The normalized spacial score (nSPS) is 11.4. The second-order valence-electron chi connectivity index (χ2n) is 5.63. The molecule has 2 aromatic carbocycles. The molecule has 27 heavy (non-hydrogen) atoms. The Morgan fingerprint density at radius 1 is 1.00 bits per heavy atom. The molecule has 0 aliphatic carbocycles. The van der Waals surface area contributed by atoms with Crippen molar-refractivity contribution in [3.05, 3.63) is 77.5 Å². The zero-order chi connectivity index (χ0) is 19.4. The molecule has 1 heterocycles. The maximum atomic E-state index is 12.7. The van der Waals surface area contributed by atoms with Crippen molar-refractivity contribution in [1.29, 1.82) is 0 Å². The first kappa shape index (κ1) is 18.9. The van der Waals surface area contributed by atoms with Gasteiger partial charge in [-0.2, -0.15) is 13.2 Å². The standard InChI is InChI=1S/C19H14F3N3OS/c20-19(21,22)14-8-6-13(7-9-14)15-10-16(17(23)26)25-18(24-15)27-11-12-4-2-1-3-5-12/h1-10H,11H2,(H2,23,26). The lowest BCUT2D eigenvalue weighted by atomic mass is 10.1. The van der Waals surface area contributed by atoms with Crippen molar-refractivity contribution in [2.75, 3.05) is 0 Å². The molecule has 0 fully saturated rings. The summed E-state index contributed by atoms with van der Waals surface area (Å²) in [5, 5.41) is 0.324. The first-order chi connectivity index (χ1) is 12.8. The monoisotopic (exact) mass is 389 g/mol. The van der Waals surface area contributed by atoms with Gasteiger partial charge in [0.25, 0.3) is 5.91 Å². The van der Waals surface area contributed by atoms with Crippen LogP contribution in [-0.2, 0) is 11.9 Å². The van der Waals surface area contributed by atoms with E-state index in [1.807, 2.05) is 30.3 Å². The van der Waals surface area contributed by atoms with E-state index in [1.165, 1.54) is 30.0 Å². The molecule has 1 aromatic heterocycles. The third-order valence-electron chi connectivity index (χ3n) is 3.68. The van der Waals surface area contributed by atoms with E-state index < -0.39 is 17.6 Å². The van der Waals surface area contributed by atoms with Gasteiger partial charge in [-0.15, -0.1) is 0 Å². The SMILES string of the molecule is NC(=O)c1cc(-c2ccc(C(F)(F)F)cc2)nc(SCc2ccccc2)n1. The summed E-state index contributed by atoms with van der Waals surface area (Å²) >= 11 is 1.31. The van der Waals surface area contributed by atoms with Crippen molar-refractivity contribution in [3.8, 4) is 11.3 Å². The predicted molar refractivity (Wildman–Crippen MR) is 97.0 cm³/mol. The smallest absolute Gasteiger partial charge is 0.364 e. The van der Waals surface area contributed by atoms with Gasteiger partial charge in [0.1, 0.15) is 5.69 Å². The predicted octanol–water partition coefficient (Wildman–Crippen LogP) is 4.55. The summed E-state index contributed by atoms with van der Waals surface area (Å²) in [6, 6.07) is 15.5. The minimum Gasteiger partial charge on any atom is -0.364 e. The summed E-state index contributed by atoms with van der Waals surface area (Å²) in [4.78, 5) is 20.1. The van der Waals surface area contributed by atoms with Crippen LogP contribution in [0, 0.1) is 0 Å². The number of halogens is 3. The van der Waals surface area contributed by atoms with Gasteiger partial charge in [0.05, 0.1) is 11.3 Å². The highest BCUT2D eigenvalue weighted by Crippen LogP contribution is 2.31. The summed E-state index contributed by atoms with van der Waals surface area (Å²) in [5.41, 5.74) is 6.41. The Balaban J connectivity index is 1.90. The molecule has 4 nitrogen and oxygen atoms in total. The molecular weight excluding hydrogens is 375 g/mol. The molecule has 0 saturated carbocycles. The fourth-order valence-electron chi connectivity index (χ4n) is 2.32. The summed E-state index contributed by atoms with van der Waals surface area (Å²) in [7, 11) is 0. The molecule has 3 aromatic rings. The minimum absolute atomic E-state index is 0.00968. The van der Waals surface area contributed by atoms with Crippen molar-refractivity contribution in [2.45, 2.75) is 17.1 Å². The maximum absolute atomic E-state index is 12.7. The van der Waals surface area contributed by atoms with E-state index in [0.717, 1.165) is 17.7 Å². The molecule has 0 bridgehead atoms. The molecular formula is C19H14F3N3OS. The number of nitrogens with two attached hydrogens (primary N) is 1. The first-order valence-corrected chi connectivity index (χ1v) is 8.85. The van der Waals surface area contributed by atoms with Gasteiger partial charge in [-0.3, -0.25) is 4.79 Å². The number of carbonyl (C=O) groups excluding carboxylic acids is 1. The zero-order valence-electron chi connectivity index (χ0n) is 13.9. The molecule has 3 rings (SSSR count). The van der Waals surface area contributed by atoms with Gasteiger partial charge in [0.2, 0.25) is 0 Å². The van der Waals surface area contributed by atoms with Crippen LogP contribution in [0.3, 0.4) is 0 Å². The van der Waals surface area contributed by atoms with Crippen molar-refractivity contribution in [2.24, 2.45) is 5.73 Å². The van der Waals surface area contributed by atoms with Crippen LogP contribution in [-0.4, -0.2) is 15.9 Å². The van der Waals surface area contributed by atoms with Gasteiger partial charge >= 0.3 is 6.18 Å². The lowest BCUT2D eigenvalue weighted by molar-refractivity contribution is -0.137. The number of rotatable bonds is 5. The Morgan fingerprint density at radius 2 is 1.67 bits per heavy atom. The summed E-state index contributed by atoms with van der Waals surface area (Å²) in [6.45, 7) is 0. The highest BCUT2D eigenvalue weighted by atomic mass is 32.2. The highest BCUT2D eigenvalue weighted by Gasteiger charge is 2.30. The minimum atomic E-state index is -4.42. The van der Waals surface area contributed by atoms with Crippen LogP contribution in [0.4, 0.5) is 13.2 Å². The second-order valence-corrected chi connectivity index (χ2v) is 6.58. The van der Waals surface area contributed by atoms with Crippen LogP contribution in [0.15, 0.2) is 65.8 Å². The zero-order valence-corrected chi connectivity index (χ0v) is 14.7. The summed E-state index contributed by atoms with van der Waals surface area (Å²) in [6.07, 6.45) is -4.42. The van der Waals surface area contributed by atoms with Crippen LogP contribution in [0.25, 0.3) is 11.3 Å². The average molecular weight is 389 g/mol. The van der Waals surface area contributed by atoms with Crippen LogP contribution in [0.5, 0.6) is 0 Å². The quantitative estimate of drug-likeness (QED) is 0.513. The molecule has 2 N–H and O–H groups in total. The van der Waals surface area contributed by atoms with Gasteiger partial charge in [-0.25, -0.2) is 9.97 Å². The topological polar surface area (TPSA) is 68.9 Å². The number of nitrogens with zero attached hydrogens (tertiary/aromatic N) is 2. The Bertz CT molecular complexity index is 945. The molecule has 1 amide bonds. The number of amides is 1. The molecule has 0 aliphatic rings. The molecule has 0 aliphatic heterocycles. The third kappa shape index (κ3) is 4.85. The summed E-state index contributed by atoms with van der Waals surface area (Å²) < 4.78 is 38.2. The Morgan fingerprint density at radius 3 is 2.26 bits per heavy atom. The van der Waals surface area contributed by atoms with E-state index in [1.54, 1.807) is 0 Å². The van der Waals surface area contributed by atoms with Crippen LogP contribution >= 0.6 is 11.8 Å². The van der Waals surface area contributed by atoms with E-state index in [4.69, 9.17) is 5.73 Å². The lowest BCUT2D eigenvalue weighted by Crippen LogP contribution is -2.14. The Hall–Kier alpha value is -2.87. The number of alkyl halides is 3. The van der Waals surface area contributed by atoms with Gasteiger partial charge in [0.15, 0.2) is 5.16 Å². The van der Waals surface area contributed by atoms with E-state index in [-0.39, 0.29) is 5.69 Å². The van der Waals surface area contributed by atoms with Gasteiger partial charge in [0, 0.05) is 11.3 Å². The number of hydrogen-bond acceptors (Lipinski definition) is 4. The van der Waals surface area contributed by atoms with E-state index in [0.29, 0.717) is 22.2 Å². The molecule has 0 spiro atoms. The van der Waals surface area contributed by atoms with Gasteiger partial charge in [-0.05, 0) is 23.8 Å². The Labute approximate surface area is 157 Å². The average Bonchev–Trinajstić information content (AvgIpc) is 2.66. The molecule has 0 radical (unpaired) electrons. The maximum Gasteiger partial charge on any atom is 0.416 e. The van der Waals surface area contributed by atoms with Gasteiger partial charge in [-0.1, -0.05) is 54.2 Å². The molecule has 8 heteroatoms. The van der Waals surface area contributed by atoms with E-state index in [9.17, 15) is 18.0 Å². The Kier molecular flexibility index (Phi) is 5.46. The molecule has 0 atom stereocenters. The van der Waals surface area contributed by atoms with Crippen molar-refractivity contribution in [1.82, 2.24) is 9.97 Å². The fraction of sp³-hybridized carbons (Fsp3) is 0.105. The number of carbonyl (C=O) groups is 1.